The van der Waals surface area contributed by atoms with E-state index in [1.807, 2.05) is 59.2 Å². The molecule has 0 unspecified atom stereocenters. The van der Waals surface area contributed by atoms with Crippen molar-refractivity contribution in [2.24, 2.45) is 0 Å². The van der Waals surface area contributed by atoms with Gasteiger partial charge in [0.2, 0.25) is 0 Å². The topological polar surface area (TPSA) is 102 Å². The van der Waals surface area contributed by atoms with Crippen LogP contribution in [0.3, 0.4) is 0 Å². The Morgan fingerprint density at radius 3 is 2.37 bits per heavy atom. The summed E-state index contributed by atoms with van der Waals surface area (Å²) in [6, 6.07) is 22.1. The fourth-order valence-corrected chi connectivity index (χ4v) is 4.98. The molecule has 0 saturated carbocycles. The molecule has 8 nitrogen and oxygen atoms in total. The first-order valence-corrected chi connectivity index (χ1v) is 12.5. The zero-order valence-electron chi connectivity index (χ0n) is 19.4. The molecular formula is C26H26N4O4S. The van der Waals surface area contributed by atoms with Crippen LogP contribution in [0, 0.1) is 6.92 Å². The molecule has 9 heteroatoms. The van der Waals surface area contributed by atoms with Crippen LogP contribution >= 0.6 is 0 Å². The van der Waals surface area contributed by atoms with Crippen LogP contribution in [0.2, 0.25) is 0 Å². The van der Waals surface area contributed by atoms with E-state index in [1.165, 1.54) is 6.07 Å². The maximum absolute atomic E-state index is 12.9. The van der Waals surface area contributed by atoms with Crippen LogP contribution in [0.5, 0.6) is 5.75 Å². The first kappa shape index (κ1) is 24.0. The van der Waals surface area contributed by atoms with Gasteiger partial charge < -0.3 is 14.6 Å². The minimum Gasteiger partial charge on any atom is -0.497 e. The van der Waals surface area contributed by atoms with Crippen molar-refractivity contribution >= 4 is 16.1 Å². The Hall–Kier alpha value is -4.11. The predicted octanol–water partition coefficient (Wildman–Crippen LogP) is 4.16. The largest absolute Gasteiger partial charge is 0.497 e. The average Bonchev–Trinajstić information content (AvgIpc) is 3.34. The quantitative estimate of drug-likeness (QED) is 0.386. The number of benzene rings is 3. The van der Waals surface area contributed by atoms with E-state index in [-0.39, 0.29) is 4.90 Å². The Bertz CT molecular complexity index is 1400. The standard InChI is InChI=1S/C26H26N4O4S/c1-19-8-6-7-11-24(19)35(32,33)29-26(31)28-23(18-20-9-4-3-5-10-20)25-27-16-17-30(25)21-12-14-22(34-2)15-13-21/h3-17,23H,18H2,1-2H3,(H2,28,29,31)/t23-/m0/s1. The van der Waals surface area contributed by atoms with E-state index in [2.05, 4.69) is 15.0 Å². The molecular weight excluding hydrogens is 464 g/mol. The summed E-state index contributed by atoms with van der Waals surface area (Å²) in [5, 5.41) is 2.81. The van der Waals surface area contributed by atoms with Crippen LogP contribution in [0.4, 0.5) is 4.79 Å². The van der Waals surface area contributed by atoms with E-state index in [1.54, 1.807) is 44.6 Å². The van der Waals surface area contributed by atoms with Crippen molar-refractivity contribution in [2.75, 3.05) is 7.11 Å². The number of imidazole rings is 1. The molecule has 2 amide bonds. The molecule has 0 radical (unpaired) electrons. The normalized spacial score (nSPS) is 12.1. The van der Waals surface area contributed by atoms with Gasteiger partial charge in [-0.2, -0.15) is 0 Å². The van der Waals surface area contributed by atoms with Crippen LogP contribution in [-0.4, -0.2) is 31.1 Å². The lowest BCUT2D eigenvalue weighted by Crippen LogP contribution is -2.42. The SMILES string of the molecule is COc1ccc(-n2ccnc2[C@H](Cc2ccccc2)NC(=O)NS(=O)(=O)c2ccccc2C)cc1. The highest BCUT2D eigenvalue weighted by atomic mass is 32.2. The second kappa shape index (κ2) is 10.4. The molecule has 3 aromatic carbocycles. The molecule has 0 saturated heterocycles. The minimum absolute atomic E-state index is 0.0505. The van der Waals surface area contributed by atoms with Crippen molar-refractivity contribution in [2.45, 2.75) is 24.3 Å². The van der Waals surface area contributed by atoms with Crippen molar-refractivity contribution in [3.63, 3.8) is 0 Å². The second-order valence-corrected chi connectivity index (χ2v) is 9.59. The number of hydrogen-bond donors (Lipinski definition) is 2. The second-order valence-electron chi connectivity index (χ2n) is 7.94. The fraction of sp³-hybridized carbons (Fsp3) is 0.154. The highest BCUT2D eigenvalue weighted by Gasteiger charge is 2.25. The molecule has 35 heavy (non-hydrogen) atoms. The number of ether oxygens (including phenoxy) is 1. The molecule has 0 aliphatic rings. The number of aryl methyl sites for hydroxylation is 1. The Balaban J connectivity index is 1.63. The first-order chi connectivity index (χ1) is 16.9. The maximum atomic E-state index is 12.9. The number of urea groups is 1. The van der Waals surface area contributed by atoms with Gasteiger partial charge in [-0.15, -0.1) is 0 Å². The van der Waals surface area contributed by atoms with Crippen LogP contribution < -0.4 is 14.8 Å². The number of nitrogens with zero attached hydrogens (tertiary/aromatic N) is 2. The van der Waals surface area contributed by atoms with Gasteiger partial charge in [0.25, 0.3) is 10.0 Å². The number of amides is 2. The van der Waals surface area contributed by atoms with Crippen LogP contribution in [0.25, 0.3) is 5.69 Å². The highest BCUT2D eigenvalue weighted by Crippen LogP contribution is 2.23. The minimum atomic E-state index is -4.05. The Morgan fingerprint density at radius 1 is 1.00 bits per heavy atom. The van der Waals surface area contributed by atoms with Crippen LogP contribution in [0.15, 0.2) is 96.2 Å². The van der Waals surface area contributed by atoms with E-state index in [9.17, 15) is 13.2 Å². The van der Waals surface area contributed by atoms with Gasteiger partial charge in [-0.05, 0) is 54.8 Å². The van der Waals surface area contributed by atoms with Gasteiger partial charge in [0, 0.05) is 18.1 Å². The van der Waals surface area contributed by atoms with E-state index in [0.29, 0.717) is 17.8 Å². The van der Waals surface area contributed by atoms with Gasteiger partial charge in [0.05, 0.1) is 18.0 Å². The number of aromatic nitrogens is 2. The molecule has 1 atom stereocenters. The summed E-state index contributed by atoms with van der Waals surface area (Å²) >= 11 is 0. The first-order valence-electron chi connectivity index (χ1n) is 11.0. The van der Waals surface area contributed by atoms with Gasteiger partial charge >= 0.3 is 6.03 Å². The zero-order valence-corrected chi connectivity index (χ0v) is 20.2. The number of sulfonamides is 1. The number of carbonyl (C=O) groups is 1. The van der Waals surface area contributed by atoms with Crippen LogP contribution in [0.1, 0.15) is 23.0 Å². The predicted molar refractivity (Wildman–Crippen MR) is 133 cm³/mol. The molecule has 2 N–H and O–H groups in total. The molecule has 1 aromatic heterocycles. The number of carbonyl (C=O) groups excluding carboxylic acids is 1. The Kier molecular flexibility index (Phi) is 7.17. The molecule has 0 fully saturated rings. The summed E-state index contributed by atoms with van der Waals surface area (Å²) in [5.74, 6) is 1.28. The van der Waals surface area contributed by atoms with Crippen molar-refractivity contribution in [3.8, 4) is 11.4 Å². The molecule has 0 spiro atoms. The monoisotopic (exact) mass is 490 g/mol. The summed E-state index contributed by atoms with van der Waals surface area (Å²) in [4.78, 5) is 17.5. The summed E-state index contributed by atoms with van der Waals surface area (Å²) in [7, 11) is -2.45. The highest BCUT2D eigenvalue weighted by molar-refractivity contribution is 7.90. The molecule has 0 aliphatic heterocycles. The molecule has 4 aromatic rings. The van der Waals surface area contributed by atoms with Gasteiger partial charge in [0.1, 0.15) is 11.6 Å². The summed E-state index contributed by atoms with van der Waals surface area (Å²) < 4.78 is 34.9. The summed E-state index contributed by atoms with van der Waals surface area (Å²) in [6.45, 7) is 1.68. The lowest BCUT2D eigenvalue weighted by Gasteiger charge is -2.21. The maximum Gasteiger partial charge on any atom is 0.329 e. The molecule has 0 bridgehead atoms. The smallest absolute Gasteiger partial charge is 0.329 e. The van der Waals surface area contributed by atoms with Crippen molar-refractivity contribution in [1.82, 2.24) is 19.6 Å². The third-order valence-electron chi connectivity index (χ3n) is 5.53. The lowest BCUT2D eigenvalue weighted by atomic mass is 10.1. The molecule has 1 heterocycles. The number of methoxy groups -OCH3 is 1. The summed E-state index contributed by atoms with van der Waals surface area (Å²) in [6.07, 6.45) is 3.84. The average molecular weight is 491 g/mol. The van der Waals surface area contributed by atoms with E-state index in [4.69, 9.17) is 4.74 Å². The molecule has 4 rings (SSSR count). The molecule has 180 valence electrons. The fourth-order valence-electron chi connectivity index (χ4n) is 3.81. The number of rotatable bonds is 8. The van der Waals surface area contributed by atoms with Crippen molar-refractivity contribution < 1.29 is 17.9 Å². The van der Waals surface area contributed by atoms with Gasteiger partial charge in [-0.3, -0.25) is 0 Å². The third-order valence-corrected chi connectivity index (χ3v) is 7.02. The van der Waals surface area contributed by atoms with Gasteiger partial charge in [-0.1, -0.05) is 48.5 Å². The van der Waals surface area contributed by atoms with E-state index < -0.39 is 22.1 Å². The van der Waals surface area contributed by atoms with Crippen LogP contribution in [-0.2, 0) is 16.4 Å². The zero-order chi connectivity index (χ0) is 24.8. The molecule has 0 aliphatic carbocycles. The number of hydrogen-bond acceptors (Lipinski definition) is 5. The lowest BCUT2D eigenvalue weighted by molar-refractivity contribution is 0.241. The summed E-state index contributed by atoms with van der Waals surface area (Å²) in [5.41, 5.74) is 2.33. The van der Waals surface area contributed by atoms with E-state index >= 15 is 0 Å². The van der Waals surface area contributed by atoms with Gasteiger partial charge in [-0.25, -0.2) is 22.9 Å². The van der Waals surface area contributed by atoms with Crippen molar-refractivity contribution in [1.29, 1.82) is 0 Å². The van der Waals surface area contributed by atoms with Crippen molar-refractivity contribution in [3.05, 3.63) is 108 Å². The van der Waals surface area contributed by atoms with E-state index in [0.717, 1.165) is 17.0 Å². The Labute approximate surface area is 204 Å². The van der Waals surface area contributed by atoms with Gasteiger partial charge in [0.15, 0.2) is 0 Å². The third kappa shape index (κ3) is 5.70. The Morgan fingerprint density at radius 2 is 1.69 bits per heavy atom. The number of nitrogens with one attached hydrogen (secondary N) is 2.